The zero-order chi connectivity index (χ0) is 40.5. The van der Waals surface area contributed by atoms with Gasteiger partial charge in [0.25, 0.3) is 0 Å². The molecule has 0 rings (SSSR count). The molecule has 0 saturated carbocycles. The molecule has 3 N–H and O–H groups in total. The van der Waals surface area contributed by atoms with E-state index in [0.29, 0.717) is 19.3 Å². The molecule has 322 valence electrons. The van der Waals surface area contributed by atoms with Gasteiger partial charge in [0.05, 0.1) is 19.8 Å². The maximum Gasteiger partial charge on any atom is 0.472 e. The van der Waals surface area contributed by atoms with Crippen LogP contribution < -0.4 is 0 Å². The van der Waals surface area contributed by atoms with Crippen LogP contribution in [-0.4, -0.2) is 65.7 Å². The first-order valence-corrected chi connectivity index (χ1v) is 23.4. The Hall–Kier alpha value is -1.81. The number of ether oxygens (including phenoxy) is 2. The topological polar surface area (TPSA) is 149 Å². The summed E-state index contributed by atoms with van der Waals surface area (Å²) in [7, 11) is -4.63. The fraction of sp³-hybridized carbons (Fsp3) is 0.818. The minimum Gasteiger partial charge on any atom is -0.462 e. The van der Waals surface area contributed by atoms with Gasteiger partial charge in [0.2, 0.25) is 0 Å². The summed E-state index contributed by atoms with van der Waals surface area (Å²) in [6.45, 7) is 2.30. The van der Waals surface area contributed by atoms with E-state index in [9.17, 15) is 24.2 Å². The minimum atomic E-state index is -4.63. The summed E-state index contributed by atoms with van der Waals surface area (Å²) in [5.74, 6) is -1.03. The molecule has 0 aliphatic rings. The van der Waals surface area contributed by atoms with Gasteiger partial charge in [0.1, 0.15) is 12.7 Å². The average molecular weight is 801 g/mol. The fourth-order valence-electron chi connectivity index (χ4n) is 5.87. The van der Waals surface area contributed by atoms with Crippen LogP contribution in [0.25, 0.3) is 0 Å². The van der Waals surface area contributed by atoms with Crippen molar-refractivity contribution in [1.82, 2.24) is 0 Å². The van der Waals surface area contributed by atoms with E-state index in [1.165, 1.54) is 122 Å². The van der Waals surface area contributed by atoms with Gasteiger partial charge < -0.3 is 24.6 Å². The van der Waals surface area contributed by atoms with E-state index in [2.05, 4.69) is 42.7 Å². The number of esters is 2. The van der Waals surface area contributed by atoms with E-state index in [1.54, 1.807) is 0 Å². The molecule has 0 aromatic carbocycles. The zero-order valence-corrected chi connectivity index (χ0v) is 35.8. The number of aliphatic hydroxyl groups is 2. The maximum absolute atomic E-state index is 12.6. The fourth-order valence-corrected chi connectivity index (χ4v) is 6.66. The van der Waals surface area contributed by atoms with Gasteiger partial charge in [-0.25, -0.2) is 4.57 Å². The molecule has 0 amide bonds. The number of phosphoric ester groups is 1. The molecule has 0 saturated heterocycles. The Morgan fingerprint density at radius 2 is 0.982 bits per heavy atom. The Labute approximate surface area is 335 Å². The summed E-state index contributed by atoms with van der Waals surface area (Å²) in [6.07, 6.45) is 41.3. The highest BCUT2D eigenvalue weighted by molar-refractivity contribution is 7.47. The van der Waals surface area contributed by atoms with E-state index >= 15 is 0 Å². The third-order valence-corrected chi connectivity index (χ3v) is 10.2. The van der Waals surface area contributed by atoms with E-state index in [0.717, 1.165) is 25.7 Å². The number of unbranched alkanes of at least 4 members (excludes halogenated alkanes) is 21. The number of phosphoric acid groups is 1. The van der Waals surface area contributed by atoms with Crippen molar-refractivity contribution in [1.29, 1.82) is 0 Å². The Morgan fingerprint density at radius 3 is 1.49 bits per heavy atom. The van der Waals surface area contributed by atoms with Crippen LogP contribution in [-0.2, 0) is 32.7 Å². The standard InChI is InChI=1S/C44H81O10P/c1-3-5-7-9-11-13-15-17-19-20-22-24-26-28-30-32-34-36-44(48)54-42(40-53-55(49,50)52-38-41(46)37-45)39-51-43(47)35-33-31-29-27-25-23-21-18-16-14-12-10-8-6-4-2/h22,24,28-31,41-42,45-46H,3-21,23,25-27,32-40H2,1-2H3,(H,49,50)/b24-22+,30-28+,31-29+/t41-,42+/m0/s1. The second-order valence-electron chi connectivity index (χ2n) is 14.7. The van der Waals surface area contributed by atoms with E-state index < -0.39 is 51.8 Å². The van der Waals surface area contributed by atoms with E-state index in [-0.39, 0.29) is 19.4 Å². The molecule has 3 atom stereocenters. The molecule has 10 nitrogen and oxygen atoms in total. The molecule has 1 unspecified atom stereocenters. The van der Waals surface area contributed by atoms with Crippen LogP contribution in [0.4, 0.5) is 0 Å². The van der Waals surface area contributed by atoms with Crippen molar-refractivity contribution in [3.05, 3.63) is 36.5 Å². The highest BCUT2D eigenvalue weighted by Gasteiger charge is 2.27. The number of rotatable bonds is 41. The van der Waals surface area contributed by atoms with Crippen molar-refractivity contribution in [2.75, 3.05) is 26.4 Å². The lowest BCUT2D eigenvalue weighted by atomic mass is 10.1. The van der Waals surface area contributed by atoms with Crippen LogP contribution in [0.15, 0.2) is 36.5 Å². The predicted molar refractivity (Wildman–Crippen MR) is 224 cm³/mol. The van der Waals surface area contributed by atoms with Crippen LogP contribution in [0.2, 0.25) is 0 Å². The molecule has 0 spiro atoms. The smallest absolute Gasteiger partial charge is 0.462 e. The predicted octanol–water partition coefficient (Wildman–Crippen LogP) is 11.6. The van der Waals surface area contributed by atoms with Crippen molar-refractivity contribution in [2.24, 2.45) is 0 Å². The molecule has 0 aliphatic heterocycles. The number of carbonyl (C=O) groups is 2. The number of hydrogen-bond donors (Lipinski definition) is 3. The minimum absolute atomic E-state index is 0.114. The average Bonchev–Trinajstić information content (AvgIpc) is 3.17. The second kappa shape index (κ2) is 40.4. The maximum atomic E-state index is 12.6. The molecule has 0 fully saturated rings. The van der Waals surface area contributed by atoms with Crippen LogP contribution in [0.1, 0.15) is 194 Å². The van der Waals surface area contributed by atoms with Crippen LogP contribution in [0.3, 0.4) is 0 Å². The molecule has 55 heavy (non-hydrogen) atoms. The number of allylic oxidation sites excluding steroid dienone is 6. The molecule has 0 heterocycles. The van der Waals surface area contributed by atoms with Gasteiger partial charge in [0.15, 0.2) is 6.10 Å². The molecular formula is C44H81O10P. The molecule has 0 aromatic heterocycles. The Morgan fingerprint density at radius 1 is 0.545 bits per heavy atom. The SMILES string of the molecule is CCCCCCCCCCC/C=C/C/C=C/CCCC(=O)O[C@H](COC(=O)CC/C=C/CCCCCCCCCCCCC)COP(=O)(O)OC[C@@H](O)CO. The first kappa shape index (κ1) is 53.2. The normalized spacial score (nSPS) is 14.2. The first-order valence-electron chi connectivity index (χ1n) is 21.9. The van der Waals surface area contributed by atoms with Gasteiger partial charge >= 0.3 is 19.8 Å². The molecule has 0 aliphatic carbocycles. The summed E-state index contributed by atoms with van der Waals surface area (Å²) >= 11 is 0. The van der Waals surface area contributed by atoms with Crippen molar-refractivity contribution in [2.45, 2.75) is 206 Å². The lowest BCUT2D eigenvalue weighted by Gasteiger charge is -2.20. The molecule has 0 aromatic rings. The van der Waals surface area contributed by atoms with Gasteiger partial charge in [-0.2, -0.15) is 0 Å². The monoisotopic (exact) mass is 801 g/mol. The van der Waals surface area contributed by atoms with Crippen LogP contribution >= 0.6 is 7.82 Å². The molecular weight excluding hydrogens is 719 g/mol. The Kier molecular flexibility index (Phi) is 39.1. The van der Waals surface area contributed by atoms with Crippen molar-refractivity contribution in [3.63, 3.8) is 0 Å². The lowest BCUT2D eigenvalue weighted by Crippen LogP contribution is -2.29. The Balaban J connectivity index is 4.39. The number of hydrogen-bond acceptors (Lipinski definition) is 9. The van der Waals surface area contributed by atoms with Gasteiger partial charge in [-0.15, -0.1) is 0 Å². The largest absolute Gasteiger partial charge is 0.472 e. The first-order chi connectivity index (χ1) is 26.7. The summed E-state index contributed by atoms with van der Waals surface area (Å²) in [4.78, 5) is 34.9. The summed E-state index contributed by atoms with van der Waals surface area (Å²) in [5, 5.41) is 18.3. The van der Waals surface area contributed by atoms with E-state index in [4.69, 9.17) is 19.1 Å². The number of carbonyl (C=O) groups excluding carboxylic acids is 2. The summed E-state index contributed by atoms with van der Waals surface area (Å²) < 4.78 is 32.6. The van der Waals surface area contributed by atoms with Crippen molar-refractivity contribution in [3.8, 4) is 0 Å². The van der Waals surface area contributed by atoms with Gasteiger partial charge in [0, 0.05) is 12.8 Å². The highest BCUT2D eigenvalue weighted by Crippen LogP contribution is 2.43. The summed E-state index contributed by atoms with van der Waals surface area (Å²) in [6, 6.07) is 0. The van der Waals surface area contributed by atoms with Crippen molar-refractivity contribution >= 4 is 19.8 Å². The molecule has 0 radical (unpaired) electrons. The van der Waals surface area contributed by atoms with Gasteiger partial charge in [-0.1, -0.05) is 166 Å². The quantitative estimate of drug-likeness (QED) is 0.0236. The zero-order valence-electron chi connectivity index (χ0n) is 34.9. The highest BCUT2D eigenvalue weighted by atomic mass is 31.2. The second-order valence-corrected chi connectivity index (χ2v) is 16.2. The molecule has 11 heteroatoms. The lowest BCUT2D eigenvalue weighted by molar-refractivity contribution is -0.161. The van der Waals surface area contributed by atoms with Gasteiger partial charge in [-0.3, -0.25) is 18.6 Å². The molecule has 0 bridgehead atoms. The van der Waals surface area contributed by atoms with Crippen LogP contribution in [0.5, 0.6) is 0 Å². The summed E-state index contributed by atoms with van der Waals surface area (Å²) in [5.41, 5.74) is 0. The number of aliphatic hydroxyl groups excluding tert-OH is 2. The van der Waals surface area contributed by atoms with Crippen molar-refractivity contribution < 1.29 is 47.8 Å². The Bertz CT molecular complexity index is 1010. The van der Waals surface area contributed by atoms with Crippen LogP contribution in [0, 0.1) is 0 Å². The van der Waals surface area contributed by atoms with Gasteiger partial charge in [-0.05, 0) is 51.4 Å². The third-order valence-electron chi connectivity index (χ3n) is 9.28. The third kappa shape index (κ3) is 40.2. The van der Waals surface area contributed by atoms with E-state index in [1.807, 2.05) is 12.2 Å².